The molecule has 0 saturated heterocycles. The zero-order valence-electron chi connectivity index (χ0n) is 30.4. The summed E-state index contributed by atoms with van der Waals surface area (Å²) in [5, 5.41) is 8.59. The Kier molecular flexibility index (Phi) is 7.49. The van der Waals surface area contributed by atoms with E-state index in [1.807, 2.05) is 12.1 Å². The second kappa shape index (κ2) is 13.1. The van der Waals surface area contributed by atoms with E-state index in [0.717, 1.165) is 45.0 Å². The van der Waals surface area contributed by atoms with Crippen molar-refractivity contribution < 1.29 is 0 Å². The minimum absolute atomic E-state index is 0.283. The predicted octanol–water partition coefficient (Wildman–Crippen LogP) is 12.0. The van der Waals surface area contributed by atoms with Gasteiger partial charge in [0, 0.05) is 44.0 Å². The third-order valence-electron chi connectivity index (χ3n) is 11.0. The number of fused-ring (bicyclic) bond motifs is 6. The van der Waals surface area contributed by atoms with Crippen LogP contribution in [0, 0.1) is 0 Å². The molecule has 1 N–H and O–H groups in total. The van der Waals surface area contributed by atoms with E-state index in [9.17, 15) is 0 Å². The molecule has 2 aromatic heterocycles. The molecular weight excluding hydrogens is 683 g/mol. The van der Waals surface area contributed by atoms with Crippen molar-refractivity contribution in [2.45, 2.75) is 6.17 Å². The van der Waals surface area contributed by atoms with Gasteiger partial charge in [-0.2, -0.15) is 0 Å². The number of para-hydroxylation sites is 3. The second-order valence-corrected chi connectivity index (χ2v) is 14.3. The molecular formula is C51H35N5. The molecule has 8 aromatic carbocycles. The van der Waals surface area contributed by atoms with E-state index in [-0.39, 0.29) is 6.17 Å². The van der Waals surface area contributed by atoms with Crippen LogP contribution in [0.15, 0.2) is 210 Å². The minimum atomic E-state index is -0.283. The van der Waals surface area contributed by atoms with Crippen LogP contribution in [-0.4, -0.2) is 20.8 Å². The van der Waals surface area contributed by atoms with Gasteiger partial charge in [0.1, 0.15) is 12.0 Å². The van der Waals surface area contributed by atoms with Gasteiger partial charge in [-0.1, -0.05) is 133 Å². The Morgan fingerprint density at radius 2 is 0.911 bits per heavy atom. The van der Waals surface area contributed by atoms with Gasteiger partial charge in [-0.25, -0.2) is 9.98 Å². The fourth-order valence-electron chi connectivity index (χ4n) is 8.33. The number of benzene rings is 8. The van der Waals surface area contributed by atoms with E-state index >= 15 is 0 Å². The molecule has 0 amide bonds. The molecule has 0 spiro atoms. The largest absolute Gasteiger partial charge is 0.344 e. The summed E-state index contributed by atoms with van der Waals surface area (Å²) in [6, 6.07) is 71.0. The number of rotatable bonds is 6. The topological polar surface area (TPSA) is 46.6 Å². The Morgan fingerprint density at radius 3 is 1.57 bits per heavy atom. The summed E-state index contributed by atoms with van der Waals surface area (Å²) in [7, 11) is 0. The van der Waals surface area contributed by atoms with E-state index < -0.39 is 0 Å². The zero-order valence-corrected chi connectivity index (χ0v) is 30.4. The maximum Gasteiger partial charge on any atom is 0.159 e. The molecule has 264 valence electrons. The molecule has 10 aromatic rings. The van der Waals surface area contributed by atoms with Gasteiger partial charge in [-0.05, 0) is 83.4 Å². The average Bonchev–Trinajstić information content (AvgIpc) is 3.78. The van der Waals surface area contributed by atoms with Crippen molar-refractivity contribution in [2.75, 3.05) is 0 Å². The van der Waals surface area contributed by atoms with Gasteiger partial charge in [0.25, 0.3) is 0 Å². The Bertz CT molecular complexity index is 3140. The van der Waals surface area contributed by atoms with Crippen molar-refractivity contribution in [2.24, 2.45) is 9.98 Å². The van der Waals surface area contributed by atoms with E-state index in [1.54, 1.807) is 0 Å². The summed E-state index contributed by atoms with van der Waals surface area (Å²) in [4.78, 5) is 10.3. The van der Waals surface area contributed by atoms with E-state index in [1.165, 1.54) is 43.7 Å². The number of hydrogen-bond donors (Lipinski definition) is 1. The first-order chi connectivity index (χ1) is 27.8. The Morgan fingerprint density at radius 1 is 0.375 bits per heavy atom. The fraction of sp³-hybridized carbons (Fsp3) is 0.0196. The fourth-order valence-corrected chi connectivity index (χ4v) is 8.33. The third-order valence-corrected chi connectivity index (χ3v) is 11.0. The molecule has 56 heavy (non-hydrogen) atoms. The first-order valence-electron chi connectivity index (χ1n) is 19.0. The van der Waals surface area contributed by atoms with Crippen LogP contribution in [-0.2, 0) is 0 Å². The van der Waals surface area contributed by atoms with Crippen LogP contribution in [0.4, 0.5) is 0 Å². The van der Waals surface area contributed by atoms with Gasteiger partial charge < -0.3 is 14.5 Å². The smallest absolute Gasteiger partial charge is 0.159 e. The van der Waals surface area contributed by atoms with Crippen LogP contribution >= 0.6 is 0 Å². The van der Waals surface area contributed by atoms with Crippen LogP contribution < -0.4 is 5.32 Å². The quantitative estimate of drug-likeness (QED) is 0.183. The highest BCUT2D eigenvalue weighted by Crippen LogP contribution is 2.39. The molecule has 5 heteroatoms. The molecule has 5 nitrogen and oxygen atoms in total. The highest BCUT2D eigenvalue weighted by Gasteiger charge is 2.22. The number of aromatic nitrogens is 2. The number of nitrogens with one attached hydrogen (secondary N) is 1. The van der Waals surface area contributed by atoms with Crippen LogP contribution in [0.5, 0.6) is 0 Å². The molecule has 0 bridgehead atoms. The third kappa shape index (κ3) is 5.32. The number of amidine groups is 2. The van der Waals surface area contributed by atoms with Crippen molar-refractivity contribution in [3.8, 4) is 22.5 Å². The SMILES string of the molecule is c1ccc(-c2cccc(C3=NC(c4ccc(-n5c6ccccc6c6cc7c8ccccc8n(-c8ccccc8)c7cc65)cc4)=NC(c4ccccc4)N3)c2)cc1. The van der Waals surface area contributed by atoms with E-state index in [0.29, 0.717) is 5.84 Å². The lowest BCUT2D eigenvalue weighted by Gasteiger charge is -2.24. The molecule has 11 rings (SSSR count). The van der Waals surface area contributed by atoms with Crippen LogP contribution in [0.2, 0.25) is 0 Å². The second-order valence-electron chi connectivity index (χ2n) is 14.3. The van der Waals surface area contributed by atoms with E-state index in [4.69, 9.17) is 9.98 Å². The first kappa shape index (κ1) is 32.0. The standard InChI is InChI=1S/C51H35N5/c1-4-15-34(16-5-1)37-19-14-20-38(31-37)51-53-49(35-17-6-2-7-18-35)52-50(54-51)36-27-29-40(30-28-36)56-46-26-13-11-24-42(46)44-32-43-41-23-10-12-25-45(41)55(47(43)33-48(44)56)39-21-8-3-9-22-39/h1-33,49H,(H,52,53,54). The van der Waals surface area contributed by atoms with Crippen molar-refractivity contribution in [3.63, 3.8) is 0 Å². The molecule has 0 aliphatic carbocycles. The van der Waals surface area contributed by atoms with Gasteiger partial charge in [0.2, 0.25) is 0 Å². The van der Waals surface area contributed by atoms with Crippen molar-refractivity contribution in [1.29, 1.82) is 0 Å². The summed E-state index contributed by atoms with van der Waals surface area (Å²) >= 11 is 0. The number of hydrogen-bond acceptors (Lipinski definition) is 3. The molecule has 1 aliphatic rings. The van der Waals surface area contributed by atoms with Crippen molar-refractivity contribution in [3.05, 3.63) is 217 Å². The average molecular weight is 718 g/mol. The van der Waals surface area contributed by atoms with Gasteiger partial charge >= 0.3 is 0 Å². The van der Waals surface area contributed by atoms with Gasteiger partial charge in [-0.3, -0.25) is 0 Å². The normalized spacial score (nSPS) is 14.2. The maximum absolute atomic E-state index is 5.17. The summed E-state index contributed by atoms with van der Waals surface area (Å²) in [5.74, 6) is 1.49. The Labute approximate surface area is 324 Å². The minimum Gasteiger partial charge on any atom is -0.344 e. The Balaban J connectivity index is 1.05. The van der Waals surface area contributed by atoms with Gasteiger partial charge in [0.05, 0.1) is 22.1 Å². The van der Waals surface area contributed by atoms with Gasteiger partial charge in [-0.15, -0.1) is 0 Å². The van der Waals surface area contributed by atoms with E-state index in [2.05, 4.69) is 203 Å². The van der Waals surface area contributed by atoms with Gasteiger partial charge in [0.15, 0.2) is 5.84 Å². The summed E-state index contributed by atoms with van der Waals surface area (Å²) in [6.07, 6.45) is -0.283. The monoisotopic (exact) mass is 717 g/mol. The molecule has 0 fully saturated rings. The molecule has 0 saturated carbocycles. The highest BCUT2D eigenvalue weighted by atomic mass is 15.2. The van der Waals surface area contributed by atoms with Crippen molar-refractivity contribution >= 4 is 55.3 Å². The molecule has 1 atom stereocenters. The summed E-state index contributed by atoms with van der Waals surface area (Å²) in [5.41, 5.74) is 12.3. The predicted molar refractivity (Wildman–Crippen MR) is 232 cm³/mol. The molecule has 1 unspecified atom stereocenters. The lowest BCUT2D eigenvalue weighted by molar-refractivity contribution is 0.674. The summed E-state index contributed by atoms with van der Waals surface area (Å²) in [6.45, 7) is 0. The zero-order chi connectivity index (χ0) is 37.0. The first-order valence-corrected chi connectivity index (χ1v) is 19.0. The summed E-state index contributed by atoms with van der Waals surface area (Å²) < 4.78 is 4.78. The maximum atomic E-state index is 5.17. The van der Waals surface area contributed by atoms with Crippen LogP contribution in [0.25, 0.3) is 66.1 Å². The lowest BCUT2D eigenvalue weighted by Crippen LogP contribution is -2.33. The molecule has 1 aliphatic heterocycles. The Hall–Kier alpha value is -7.50. The van der Waals surface area contributed by atoms with Crippen LogP contribution in [0.3, 0.4) is 0 Å². The number of nitrogens with zero attached hydrogens (tertiary/aromatic N) is 4. The highest BCUT2D eigenvalue weighted by molar-refractivity contribution is 6.19. The van der Waals surface area contributed by atoms with Crippen LogP contribution in [0.1, 0.15) is 22.9 Å². The number of aliphatic imine (C=N–C) groups is 2. The molecule has 0 radical (unpaired) electrons. The lowest BCUT2D eigenvalue weighted by atomic mass is 10.0. The molecule has 3 heterocycles. The van der Waals surface area contributed by atoms with Crippen molar-refractivity contribution in [1.82, 2.24) is 14.5 Å².